The van der Waals surface area contributed by atoms with Crippen LogP contribution in [0.25, 0.3) is 0 Å². The van der Waals surface area contributed by atoms with Crippen molar-refractivity contribution < 1.29 is 28.7 Å². The average Bonchev–Trinajstić information content (AvgIpc) is 3.53. The molecule has 0 aromatic rings. The summed E-state index contributed by atoms with van der Waals surface area (Å²) in [5.41, 5.74) is 2.94. The normalized spacial score (nSPS) is 48.4. The van der Waals surface area contributed by atoms with Gasteiger partial charge in [0.25, 0.3) is 0 Å². The number of rotatable bonds is 4. The summed E-state index contributed by atoms with van der Waals surface area (Å²) in [4.78, 5) is 51.0. The van der Waals surface area contributed by atoms with Crippen LogP contribution < -0.4 is 0 Å². The SMILES string of the molecule is C[C@]12CCC(=O)C=C1CCC1C2CC[C@@]2(C)C1CC[C@@H]2OC(=O)CC(=O)O[C@H]1CCC2C3CCC4=CC(=O)CC[C@]4(C)C3CC[C@@]21C. The Morgan fingerprint density at radius 1 is 0.574 bits per heavy atom. The van der Waals surface area contributed by atoms with Crippen molar-refractivity contribution in [2.75, 3.05) is 0 Å². The van der Waals surface area contributed by atoms with Crippen LogP contribution in [0.3, 0.4) is 0 Å². The Labute approximate surface area is 281 Å². The highest BCUT2D eigenvalue weighted by Gasteiger charge is 2.61. The maximum atomic E-state index is 13.3. The quantitative estimate of drug-likeness (QED) is 0.226. The van der Waals surface area contributed by atoms with Crippen molar-refractivity contribution in [3.05, 3.63) is 23.3 Å². The van der Waals surface area contributed by atoms with Crippen LogP contribution in [0.2, 0.25) is 0 Å². The maximum absolute atomic E-state index is 13.3. The molecule has 0 bridgehead atoms. The molecule has 0 saturated heterocycles. The van der Waals surface area contributed by atoms with E-state index in [9.17, 15) is 19.2 Å². The minimum absolute atomic E-state index is 0.0507. The third-order valence-electron chi connectivity index (χ3n) is 16.6. The predicted molar refractivity (Wildman–Crippen MR) is 178 cm³/mol. The second-order valence-electron chi connectivity index (χ2n) is 18.3. The Morgan fingerprint density at radius 3 is 1.43 bits per heavy atom. The summed E-state index contributed by atoms with van der Waals surface area (Å²) >= 11 is 0. The van der Waals surface area contributed by atoms with E-state index in [2.05, 4.69) is 27.7 Å². The molecule has 6 saturated carbocycles. The number of fused-ring (bicyclic) bond motifs is 10. The van der Waals surface area contributed by atoms with E-state index in [0.29, 0.717) is 59.9 Å². The first-order chi connectivity index (χ1) is 22.3. The van der Waals surface area contributed by atoms with Crippen molar-refractivity contribution in [1.82, 2.24) is 0 Å². The number of ketones is 2. The van der Waals surface area contributed by atoms with Gasteiger partial charge >= 0.3 is 11.9 Å². The predicted octanol–water partition coefficient (Wildman–Crippen LogP) is 8.26. The third-order valence-corrected chi connectivity index (χ3v) is 16.6. The molecular formula is C41H56O6. The van der Waals surface area contributed by atoms with Crippen LogP contribution in [0.15, 0.2) is 23.3 Å². The zero-order valence-corrected chi connectivity index (χ0v) is 29.2. The molecule has 0 amide bonds. The molecule has 8 rings (SSSR count). The molecule has 0 aliphatic heterocycles. The standard InChI is InChI=1S/C41H56O6/c1-38-17-13-26(42)21-24(38)5-7-28-30-9-11-34(40(30,3)19-15-32(28)38)46-36(44)23-37(45)47-35-12-10-31-29-8-6-25-22-27(43)14-18-39(25,2)33(29)16-20-41(31,35)4/h21-22,28-35H,5-20,23H2,1-4H3/t28?,29?,30?,31?,32?,33?,34-,35-,38-,39-,40-,41-/m0/s1. The molecule has 6 heteroatoms. The summed E-state index contributed by atoms with van der Waals surface area (Å²) in [6.45, 7) is 9.48. The molecule has 0 N–H and O–H groups in total. The Hall–Kier alpha value is -2.24. The highest BCUT2D eigenvalue weighted by Crippen LogP contribution is 2.67. The fraction of sp³-hybridized carbons (Fsp3) is 0.805. The van der Waals surface area contributed by atoms with Gasteiger partial charge in [0.15, 0.2) is 11.6 Å². The van der Waals surface area contributed by atoms with Crippen molar-refractivity contribution in [3.8, 4) is 0 Å². The number of hydrogen-bond acceptors (Lipinski definition) is 6. The van der Waals surface area contributed by atoms with Crippen LogP contribution in [-0.4, -0.2) is 35.7 Å². The van der Waals surface area contributed by atoms with E-state index in [0.717, 1.165) is 89.9 Å². The van der Waals surface area contributed by atoms with E-state index >= 15 is 0 Å². The summed E-state index contributed by atoms with van der Waals surface area (Å²) in [5.74, 6) is 3.22. The van der Waals surface area contributed by atoms with Crippen LogP contribution in [0, 0.1) is 57.2 Å². The van der Waals surface area contributed by atoms with Gasteiger partial charge in [-0.3, -0.25) is 19.2 Å². The monoisotopic (exact) mass is 644 g/mol. The van der Waals surface area contributed by atoms with Gasteiger partial charge in [0.05, 0.1) is 0 Å². The molecule has 6 fully saturated rings. The topological polar surface area (TPSA) is 86.7 Å². The Balaban J connectivity index is 0.880. The lowest BCUT2D eigenvalue weighted by Crippen LogP contribution is -2.52. The van der Waals surface area contributed by atoms with E-state index in [-0.39, 0.29) is 40.3 Å². The summed E-state index contributed by atoms with van der Waals surface area (Å²) < 4.78 is 12.4. The van der Waals surface area contributed by atoms with Gasteiger partial charge in [-0.1, -0.05) is 38.8 Å². The van der Waals surface area contributed by atoms with E-state index in [1.165, 1.54) is 11.1 Å². The Bertz CT molecular complexity index is 1330. The lowest BCUT2D eigenvalue weighted by atomic mass is 9.47. The zero-order chi connectivity index (χ0) is 32.9. The number of carbonyl (C=O) groups is 4. The third kappa shape index (κ3) is 4.83. The number of ether oxygens (including phenoxy) is 2. The van der Waals surface area contributed by atoms with E-state index in [1.54, 1.807) is 0 Å². The van der Waals surface area contributed by atoms with E-state index < -0.39 is 11.9 Å². The van der Waals surface area contributed by atoms with Crippen LogP contribution in [0.5, 0.6) is 0 Å². The molecule has 256 valence electrons. The van der Waals surface area contributed by atoms with Crippen molar-refractivity contribution in [2.45, 2.75) is 149 Å². The number of allylic oxidation sites excluding steroid dienone is 2. The first-order valence-electron chi connectivity index (χ1n) is 19.2. The highest BCUT2D eigenvalue weighted by atomic mass is 16.6. The molecule has 0 aromatic carbocycles. The lowest BCUT2D eigenvalue weighted by Gasteiger charge is -2.57. The molecule has 47 heavy (non-hydrogen) atoms. The van der Waals surface area contributed by atoms with Gasteiger partial charge in [-0.05, 0) is 148 Å². The average molecular weight is 645 g/mol. The summed E-state index contributed by atoms with van der Waals surface area (Å²) in [6, 6.07) is 0. The van der Waals surface area contributed by atoms with Crippen molar-refractivity contribution in [3.63, 3.8) is 0 Å². The minimum atomic E-state index is -0.426. The Morgan fingerprint density at radius 2 is 1.00 bits per heavy atom. The lowest BCUT2D eigenvalue weighted by molar-refractivity contribution is -0.171. The molecule has 8 aliphatic rings. The maximum Gasteiger partial charge on any atom is 0.317 e. The van der Waals surface area contributed by atoms with Gasteiger partial charge in [-0.2, -0.15) is 0 Å². The van der Waals surface area contributed by atoms with Gasteiger partial charge in [0.1, 0.15) is 18.6 Å². The molecule has 6 nitrogen and oxygen atoms in total. The number of hydrogen-bond donors (Lipinski definition) is 0. The molecule has 0 spiro atoms. The van der Waals surface area contributed by atoms with Crippen LogP contribution >= 0.6 is 0 Å². The van der Waals surface area contributed by atoms with Crippen LogP contribution in [0.4, 0.5) is 0 Å². The van der Waals surface area contributed by atoms with E-state index in [4.69, 9.17) is 9.47 Å². The van der Waals surface area contributed by atoms with Crippen LogP contribution in [0.1, 0.15) is 137 Å². The fourth-order valence-electron chi connectivity index (χ4n) is 13.9. The molecule has 12 atom stereocenters. The molecule has 0 radical (unpaired) electrons. The molecule has 6 unspecified atom stereocenters. The molecule has 0 heterocycles. The first kappa shape index (κ1) is 32.0. The minimum Gasteiger partial charge on any atom is -0.461 e. The van der Waals surface area contributed by atoms with E-state index in [1.807, 2.05) is 12.2 Å². The number of carbonyl (C=O) groups excluding carboxylic acids is 4. The first-order valence-corrected chi connectivity index (χ1v) is 19.2. The Kier molecular flexibility index (Phi) is 7.58. The van der Waals surface area contributed by atoms with Gasteiger partial charge in [-0.15, -0.1) is 0 Å². The molecule has 8 aliphatic carbocycles. The zero-order valence-electron chi connectivity index (χ0n) is 29.2. The van der Waals surface area contributed by atoms with Gasteiger partial charge in [0.2, 0.25) is 0 Å². The molecule has 0 aromatic heterocycles. The van der Waals surface area contributed by atoms with Crippen molar-refractivity contribution >= 4 is 23.5 Å². The van der Waals surface area contributed by atoms with Crippen molar-refractivity contribution in [2.24, 2.45) is 57.2 Å². The molecular weight excluding hydrogens is 588 g/mol. The summed E-state index contributed by atoms with van der Waals surface area (Å²) in [5, 5.41) is 0. The highest BCUT2D eigenvalue weighted by molar-refractivity contribution is 5.92. The van der Waals surface area contributed by atoms with Crippen LogP contribution in [-0.2, 0) is 28.7 Å². The second kappa shape index (κ2) is 11.1. The summed E-state index contributed by atoms with van der Waals surface area (Å²) in [6.07, 6.45) is 19.2. The van der Waals surface area contributed by atoms with Crippen molar-refractivity contribution in [1.29, 1.82) is 0 Å². The smallest absolute Gasteiger partial charge is 0.317 e. The second-order valence-corrected chi connectivity index (χ2v) is 18.3. The largest absolute Gasteiger partial charge is 0.461 e. The fourth-order valence-corrected chi connectivity index (χ4v) is 13.9. The number of esters is 2. The van der Waals surface area contributed by atoms with Gasteiger partial charge < -0.3 is 9.47 Å². The van der Waals surface area contributed by atoms with Gasteiger partial charge in [0, 0.05) is 23.7 Å². The van der Waals surface area contributed by atoms with Gasteiger partial charge in [-0.25, -0.2) is 0 Å². The summed E-state index contributed by atoms with van der Waals surface area (Å²) in [7, 11) is 0.